The zero-order valence-electron chi connectivity index (χ0n) is 29.4. The van der Waals surface area contributed by atoms with Gasteiger partial charge in [-0.3, -0.25) is 9.69 Å². The minimum absolute atomic E-state index is 0.0626. The summed E-state index contributed by atoms with van der Waals surface area (Å²) in [5, 5.41) is 2.62. The number of carbonyl (C=O) groups excluding carboxylic acids is 1. The zero-order chi connectivity index (χ0) is 32.9. The van der Waals surface area contributed by atoms with Crippen LogP contribution >= 0.6 is 0 Å². The van der Waals surface area contributed by atoms with E-state index < -0.39 is 5.41 Å². The highest BCUT2D eigenvalue weighted by Gasteiger charge is 2.62. The summed E-state index contributed by atoms with van der Waals surface area (Å²) in [6, 6.07) is 14.3. The smallest absolute Gasteiger partial charge is 0.319 e. The monoisotopic (exact) mass is 648 g/mol. The maximum absolute atomic E-state index is 14.2. The van der Waals surface area contributed by atoms with Gasteiger partial charge in [0.25, 0.3) is 0 Å². The molecule has 6 heterocycles. The van der Waals surface area contributed by atoms with Crippen molar-refractivity contribution in [2.45, 2.75) is 88.6 Å². The average Bonchev–Trinajstić information content (AvgIpc) is 3.63. The van der Waals surface area contributed by atoms with E-state index in [0.29, 0.717) is 29.7 Å². The molecule has 9 atom stereocenters. The third kappa shape index (κ3) is 4.28. The lowest BCUT2D eigenvalue weighted by Gasteiger charge is -2.57. The average molecular weight is 649 g/mol. The predicted molar refractivity (Wildman–Crippen MR) is 191 cm³/mol. The van der Waals surface area contributed by atoms with E-state index in [1.165, 1.54) is 64.5 Å². The van der Waals surface area contributed by atoms with Crippen molar-refractivity contribution in [1.29, 1.82) is 0 Å². The van der Waals surface area contributed by atoms with Crippen molar-refractivity contribution in [3.05, 3.63) is 64.5 Å². The molecule has 2 aromatic carbocycles. The number of H-pyrrole nitrogens is 2. The normalized spacial score (nSPS) is 34.3. The molecule has 0 amide bonds. The summed E-state index contributed by atoms with van der Waals surface area (Å²) < 4.78 is 12.0. The van der Waals surface area contributed by atoms with Crippen molar-refractivity contribution in [3.8, 4) is 5.75 Å². The Morgan fingerprint density at radius 3 is 2.58 bits per heavy atom. The van der Waals surface area contributed by atoms with E-state index in [2.05, 4.69) is 77.1 Å². The number of hydrogen-bond donors (Lipinski definition) is 2. The predicted octanol–water partition coefficient (Wildman–Crippen LogP) is 7.17. The number of ether oxygens (including phenoxy) is 2. The van der Waals surface area contributed by atoms with Crippen molar-refractivity contribution in [3.63, 3.8) is 0 Å². The number of aromatic amines is 2. The number of nitrogens with one attached hydrogen (secondary N) is 2. The van der Waals surface area contributed by atoms with E-state index in [9.17, 15) is 4.79 Å². The van der Waals surface area contributed by atoms with Gasteiger partial charge in [-0.25, -0.2) is 0 Å². The number of rotatable bonds is 5. The fourth-order valence-electron chi connectivity index (χ4n) is 11.9. The molecule has 7 heteroatoms. The highest BCUT2D eigenvalue weighted by Crippen LogP contribution is 2.56. The summed E-state index contributed by atoms with van der Waals surface area (Å²) in [6.07, 6.45) is 8.76. The lowest BCUT2D eigenvalue weighted by molar-refractivity contribution is -0.162. The minimum atomic E-state index is -0.656. The molecule has 0 spiro atoms. The van der Waals surface area contributed by atoms with E-state index in [1.807, 2.05) is 7.11 Å². The first kappa shape index (κ1) is 30.7. The van der Waals surface area contributed by atoms with Crippen molar-refractivity contribution in [2.75, 3.05) is 40.9 Å². The molecule has 6 aliphatic rings. The molecule has 3 saturated heterocycles. The van der Waals surface area contributed by atoms with Crippen LogP contribution in [0.15, 0.2) is 36.4 Å². The lowest BCUT2D eigenvalue weighted by Crippen LogP contribution is -2.67. The van der Waals surface area contributed by atoms with Crippen LogP contribution in [-0.2, 0) is 27.8 Å². The van der Waals surface area contributed by atoms with Crippen LogP contribution in [0.3, 0.4) is 0 Å². The van der Waals surface area contributed by atoms with Gasteiger partial charge in [-0.05, 0) is 92.5 Å². The van der Waals surface area contributed by atoms with E-state index in [0.717, 1.165) is 62.2 Å². The van der Waals surface area contributed by atoms with Crippen LogP contribution in [0.2, 0.25) is 0 Å². The number of likely N-dealkylation sites (N-methyl/N-ethyl adjacent to an activating group) is 1. The SMILES string of the molecule is CCC1CN(C)C2Cc3c([nH]c4ccccc34)C(c3cc4c5c([nH]c4cc3OC)C3(C(=O)OC)CC4CC(CC)C3N(CC5)C4)CC1C2. The molecule has 2 aromatic heterocycles. The summed E-state index contributed by atoms with van der Waals surface area (Å²) in [5.41, 5.74) is 8.22. The Balaban J connectivity index is 1.25. The molecule has 6 bridgehead atoms. The van der Waals surface area contributed by atoms with E-state index >= 15 is 0 Å². The van der Waals surface area contributed by atoms with Gasteiger partial charge in [0, 0.05) is 82.5 Å². The van der Waals surface area contributed by atoms with Crippen molar-refractivity contribution >= 4 is 27.8 Å². The minimum Gasteiger partial charge on any atom is -0.496 e. The Labute approximate surface area is 284 Å². The van der Waals surface area contributed by atoms with Crippen LogP contribution in [0.4, 0.5) is 0 Å². The second kappa shape index (κ2) is 11.4. The molecule has 2 N–H and O–H groups in total. The van der Waals surface area contributed by atoms with Gasteiger partial charge < -0.3 is 24.3 Å². The topological polar surface area (TPSA) is 73.6 Å². The molecule has 9 unspecified atom stereocenters. The molecule has 10 rings (SSSR count). The Bertz CT molecular complexity index is 1890. The fraction of sp³-hybridized carbons (Fsp3) is 0.585. The molecule has 7 nitrogen and oxygen atoms in total. The number of fused-ring (bicyclic) bond motifs is 9. The van der Waals surface area contributed by atoms with Gasteiger partial charge in [-0.1, -0.05) is 44.9 Å². The molecule has 48 heavy (non-hydrogen) atoms. The largest absolute Gasteiger partial charge is 0.496 e. The first-order chi connectivity index (χ1) is 23.4. The quantitative estimate of drug-likeness (QED) is 0.225. The summed E-state index contributed by atoms with van der Waals surface area (Å²) in [7, 11) is 5.75. The Morgan fingerprint density at radius 1 is 0.958 bits per heavy atom. The molecule has 4 fully saturated rings. The molecular weight excluding hydrogens is 596 g/mol. The van der Waals surface area contributed by atoms with E-state index in [1.54, 1.807) is 7.11 Å². The van der Waals surface area contributed by atoms with Crippen LogP contribution in [-0.4, -0.2) is 78.7 Å². The van der Waals surface area contributed by atoms with Gasteiger partial charge >= 0.3 is 5.97 Å². The number of para-hydroxylation sites is 1. The fourth-order valence-corrected chi connectivity index (χ4v) is 11.9. The van der Waals surface area contributed by atoms with Gasteiger partial charge in [0.1, 0.15) is 11.2 Å². The second-order valence-electron chi connectivity index (χ2n) is 16.1. The number of methoxy groups -OCH3 is 2. The van der Waals surface area contributed by atoms with Gasteiger partial charge in [0.05, 0.1) is 14.2 Å². The zero-order valence-corrected chi connectivity index (χ0v) is 29.4. The van der Waals surface area contributed by atoms with Gasteiger partial charge in [0.2, 0.25) is 0 Å². The molecule has 4 aliphatic heterocycles. The number of nitrogens with zero attached hydrogens (tertiary/aromatic N) is 2. The Kier molecular flexibility index (Phi) is 7.29. The molecular formula is C41H52N4O3. The third-order valence-electron chi connectivity index (χ3n) is 14.0. The van der Waals surface area contributed by atoms with E-state index in [-0.39, 0.29) is 17.9 Å². The van der Waals surface area contributed by atoms with Crippen LogP contribution in [0.25, 0.3) is 21.8 Å². The number of hydrogen-bond acceptors (Lipinski definition) is 5. The first-order valence-corrected chi connectivity index (χ1v) is 18.7. The standard InChI is InChI=1S/C41H52N4O3/c1-6-24-14-23-20-41(40(46)48-5)38-29(12-13-45(21-23)39(24)41)30-18-31(36(47-4)19-35(30)43-38)32-16-26-15-27(44(3)22-25(26)7-2)17-33-28-10-8-9-11-34(28)42-37(32)33/h8-11,18-19,23-27,32,39,42-43H,6-7,12-17,20-22H2,1-5H3. The summed E-state index contributed by atoms with van der Waals surface area (Å²) in [6.45, 7) is 7.94. The highest BCUT2D eigenvalue weighted by atomic mass is 16.5. The first-order valence-electron chi connectivity index (χ1n) is 18.7. The number of benzene rings is 2. The highest BCUT2D eigenvalue weighted by molar-refractivity contribution is 5.93. The van der Waals surface area contributed by atoms with Crippen LogP contribution in [0.5, 0.6) is 5.75 Å². The molecule has 254 valence electrons. The van der Waals surface area contributed by atoms with E-state index in [4.69, 9.17) is 9.47 Å². The number of likely N-dealkylation sites (tertiary alicyclic amines) is 1. The van der Waals surface area contributed by atoms with Gasteiger partial charge in [-0.2, -0.15) is 0 Å². The maximum Gasteiger partial charge on any atom is 0.319 e. The van der Waals surface area contributed by atoms with Crippen LogP contribution in [0.1, 0.15) is 86.4 Å². The van der Waals surface area contributed by atoms with Crippen molar-refractivity contribution < 1.29 is 14.3 Å². The molecule has 4 aromatic rings. The third-order valence-corrected chi connectivity index (χ3v) is 14.0. The van der Waals surface area contributed by atoms with Crippen molar-refractivity contribution in [2.24, 2.45) is 23.7 Å². The van der Waals surface area contributed by atoms with Gasteiger partial charge in [-0.15, -0.1) is 0 Å². The maximum atomic E-state index is 14.2. The Morgan fingerprint density at radius 2 is 1.79 bits per heavy atom. The molecule has 2 aliphatic carbocycles. The van der Waals surface area contributed by atoms with Crippen LogP contribution < -0.4 is 4.74 Å². The van der Waals surface area contributed by atoms with Gasteiger partial charge in [0.15, 0.2) is 0 Å². The van der Waals surface area contributed by atoms with Crippen LogP contribution in [0, 0.1) is 23.7 Å². The number of piperidine rings is 3. The molecule has 0 radical (unpaired) electrons. The number of esters is 1. The second-order valence-corrected chi connectivity index (χ2v) is 16.1. The number of aromatic nitrogens is 2. The molecule has 1 saturated carbocycles. The summed E-state index contributed by atoms with van der Waals surface area (Å²) in [5.74, 6) is 3.43. The summed E-state index contributed by atoms with van der Waals surface area (Å²) in [4.78, 5) is 27.3. The van der Waals surface area contributed by atoms with Crippen molar-refractivity contribution in [1.82, 2.24) is 19.8 Å². The summed E-state index contributed by atoms with van der Waals surface area (Å²) >= 11 is 0. The lowest BCUT2D eigenvalue weighted by atomic mass is 9.56. The number of carbonyl (C=O) groups is 1. The Hall–Kier alpha value is -3.29.